The van der Waals surface area contributed by atoms with E-state index in [1.807, 2.05) is 37.6 Å². The van der Waals surface area contributed by atoms with Gasteiger partial charge in [0.05, 0.1) is 24.5 Å². The minimum absolute atomic E-state index is 0.0464. The highest BCUT2D eigenvalue weighted by Crippen LogP contribution is 2.31. The molecule has 1 atom stereocenters. The summed E-state index contributed by atoms with van der Waals surface area (Å²) >= 11 is 0. The van der Waals surface area contributed by atoms with E-state index in [0.29, 0.717) is 0 Å². The Morgan fingerprint density at radius 1 is 1.40 bits per heavy atom. The van der Waals surface area contributed by atoms with Gasteiger partial charge in [-0.1, -0.05) is 12.1 Å². The molecule has 0 aliphatic carbocycles. The van der Waals surface area contributed by atoms with Crippen LogP contribution in [0.5, 0.6) is 5.75 Å². The maximum Gasteiger partial charge on any atom is 0.142 e. The predicted molar refractivity (Wildman–Crippen MR) is 78.9 cm³/mol. The van der Waals surface area contributed by atoms with Crippen LogP contribution >= 0.6 is 0 Å². The molecule has 0 saturated carbocycles. The van der Waals surface area contributed by atoms with Gasteiger partial charge in [-0.2, -0.15) is 5.10 Å². The molecule has 1 aliphatic heterocycles. The number of hydrogen-bond acceptors (Lipinski definition) is 4. The molecule has 0 bridgehead atoms. The third-order valence-electron chi connectivity index (χ3n) is 3.61. The van der Waals surface area contributed by atoms with Crippen molar-refractivity contribution in [2.75, 3.05) is 24.6 Å². The Bertz CT molecular complexity index is 581. The Kier molecular flexibility index (Phi) is 3.60. The van der Waals surface area contributed by atoms with Crippen LogP contribution in [0.3, 0.4) is 0 Å². The van der Waals surface area contributed by atoms with Gasteiger partial charge >= 0.3 is 0 Å². The lowest BCUT2D eigenvalue weighted by Gasteiger charge is -2.26. The summed E-state index contributed by atoms with van der Waals surface area (Å²) in [5.74, 6) is 0.948. The zero-order valence-corrected chi connectivity index (χ0v) is 11.7. The Balaban J connectivity index is 1.80. The Labute approximate surface area is 118 Å². The zero-order valence-electron chi connectivity index (χ0n) is 11.7. The van der Waals surface area contributed by atoms with Gasteiger partial charge in [-0.25, -0.2) is 0 Å². The fraction of sp³-hybridized carbons (Fsp3) is 0.400. The molecule has 0 radical (unpaired) electrons. The SMILES string of the molecule is Cn1cc(C(N)CN2CCCOc3ccccc32)cn1. The van der Waals surface area contributed by atoms with E-state index in [9.17, 15) is 0 Å². The van der Waals surface area contributed by atoms with Gasteiger partial charge in [-0.15, -0.1) is 0 Å². The highest BCUT2D eigenvalue weighted by Gasteiger charge is 2.19. The minimum atomic E-state index is -0.0464. The lowest BCUT2D eigenvalue weighted by Crippen LogP contribution is -2.32. The fourth-order valence-electron chi connectivity index (χ4n) is 2.56. The molecule has 2 aromatic rings. The first kappa shape index (κ1) is 13.0. The average molecular weight is 272 g/mol. The summed E-state index contributed by atoms with van der Waals surface area (Å²) in [6, 6.07) is 8.11. The highest BCUT2D eigenvalue weighted by atomic mass is 16.5. The molecule has 1 aliphatic rings. The second-order valence-corrected chi connectivity index (χ2v) is 5.17. The van der Waals surface area contributed by atoms with Crippen molar-refractivity contribution in [3.63, 3.8) is 0 Å². The minimum Gasteiger partial charge on any atom is -0.491 e. The largest absolute Gasteiger partial charge is 0.491 e. The van der Waals surface area contributed by atoms with Crippen LogP contribution in [0.25, 0.3) is 0 Å². The molecule has 2 N–H and O–H groups in total. The number of aryl methyl sites for hydroxylation is 1. The molecule has 3 rings (SSSR count). The van der Waals surface area contributed by atoms with Gasteiger partial charge < -0.3 is 15.4 Å². The van der Waals surface area contributed by atoms with Crippen molar-refractivity contribution in [2.45, 2.75) is 12.5 Å². The lowest BCUT2D eigenvalue weighted by atomic mass is 10.1. The lowest BCUT2D eigenvalue weighted by molar-refractivity contribution is 0.322. The van der Waals surface area contributed by atoms with Crippen molar-refractivity contribution in [3.8, 4) is 5.75 Å². The van der Waals surface area contributed by atoms with E-state index < -0.39 is 0 Å². The summed E-state index contributed by atoms with van der Waals surface area (Å²) in [4.78, 5) is 2.31. The van der Waals surface area contributed by atoms with Gasteiger partial charge in [0.1, 0.15) is 5.75 Å². The van der Waals surface area contributed by atoms with Crippen LogP contribution < -0.4 is 15.4 Å². The molecular formula is C15H20N4O. The van der Waals surface area contributed by atoms with Gasteiger partial charge in [0.15, 0.2) is 0 Å². The molecule has 1 unspecified atom stereocenters. The van der Waals surface area contributed by atoms with Crippen LogP contribution in [0.2, 0.25) is 0 Å². The maximum absolute atomic E-state index is 6.31. The third-order valence-corrected chi connectivity index (χ3v) is 3.61. The molecule has 106 valence electrons. The summed E-state index contributed by atoms with van der Waals surface area (Å²) in [5, 5.41) is 4.19. The topological polar surface area (TPSA) is 56.3 Å². The summed E-state index contributed by atoms with van der Waals surface area (Å²) in [7, 11) is 1.91. The van der Waals surface area contributed by atoms with Gasteiger partial charge in [-0.3, -0.25) is 4.68 Å². The quantitative estimate of drug-likeness (QED) is 0.924. The molecule has 5 nitrogen and oxygen atoms in total. The summed E-state index contributed by atoms with van der Waals surface area (Å²) < 4.78 is 7.56. The van der Waals surface area contributed by atoms with Crippen LogP contribution in [-0.2, 0) is 7.05 Å². The number of para-hydroxylation sites is 2. The third kappa shape index (κ3) is 2.63. The number of ether oxygens (including phenoxy) is 1. The van der Waals surface area contributed by atoms with E-state index in [-0.39, 0.29) is 6.04 Å². The Morgan fingerprint density at radius 3 is 3.05 bits per heavy atom. The van der Waals surface area contributed by atoms with Crippen molar-refractivity contribution >= 4 is 5.69 Å². The molecule has 1 aromatic heterocycles. The molecule has 0 saturated heterocycles. The summed E-state index contributed by atoms with van der Waals surface area (Å²) in [6.45, 7) is 2.49. The number of aromatic nitrogens is 2. The smallest absolute Gasteiger partial charge is 0.142 e. The van der Waals surface area contributed by atoms with Crippen molar-refractivity contribution in [2.24, 2.45) is 12.8 Å². The van der Waals surface area contributed by atoms with Crippen LogP contribution in [0, 0.1) is 0 Å². The molecule has 2 heterocycles. The molecule has 0 fully saturated rings. The molecule has 20 heavy (non-hydrogen) atoms. The number of fused-ring (bicyclic) bond motifs is 1. The molecule has 5 heteroatoms. The molecular weight excluding hydrogens is 252 g/mol. The van der Waals surface area contributed by atoms with Crippen LogP contribution in [0.4, 0.5) is 5.69 Å². The van der Waals surface area contributed by atoms with Gasteiger partial charge in [0.2, 0.25) is 0 Å². The van der Waals surface area contributed by atoms with Crippen molar-refractivity contribution in [1.82, 2.24) is 9.78 Å². The number of nitrogens with two attached hydrogens (primary N) is 1. The second kappa shape index (κ2) is 5.54. The predicted octanol–water partition coefficient (Wildman–Crippen LogP) is 1.71. The fourth-order valence-corrected chi connectivity index (χ4v) is 2.56. The van der Waals surface area contributed by atoms with E-state index in [1.54, 1.807) is 4.68 Å². The van der Waals surface area contributed by atoms with Gasteiger partial charge in [0.25, 0.3) is 0 Å². The van der Waals surface area contributed by atoms with E-state index in [2.05, 4.69) is 16.1 Å². The Hall–Kier alpha value is -2.01. The van der Waals surface area contributed by atoms with E-state index in [0.717, 1.165) is 43.1 Å². The maximum atomic E-state index is 6.31. The highest BCUT2D eigenvalue weighted by molar-refractivity contribution is 5.59. The second-order valence-electron chi connectivity index (χ2n) is 5.17. The van der Waals surface area contributed by atoms with Crippen LogP contribution in [0.15, 0.2) is 36.7 Å². The van der Waals surface area contributed by atoms with Crippen LogP contribution in [0.1, 0.15) is 18.0 Å². The molecule has 0 amide bonds. The number of rotatable bonds is 3. The van der Waals surface area contributed by atoms with Crippen molar-refractivity contribution in [1.29, 1.82) is 0 Å². The van der Waals surface area contributed by atoms with Gasteiger partial charge in [-0.05, 0) is 18.6 Å². The van der Waals surface area contributed by atoms with E-state index >= 15 is 0 Å². The number of nitrogens with zero attached hydrogens (tertiary/aromatic N) is 3. The average Bonchev–Trinajstić information content (AvgIpc) is 2.79. The normalized spacial score (nSPS) is 16.2. The van der Waals surface area contributed by atoms with E-state index in [4.69, 9.17) is 10.5 Å². The van der Waals surface area contributed by atoms with Crippen LogP contribution in [-0.4, -0.2) is 29.5 Å². The number of benzene rings is 1. The first-order valence-corrected chi connectivity index (χ1v) is 6.95. The first-order chi connectivity index (χ1) is 9.74. The standard InChI is InChI=1S/C15H20N4O/c1-18-10-12(9-17-18)13(16)11-19-7-4-8-20-15-6-3-2-5-14(15)19/h2-3,5-6,9-10,13H,4,7-8,11,16H2,1H3. The monoisotopic (exact) mass is 272 g/mol. The zero-order chi connectivity index (χ0) is 13.9. The molecule has 1 aromatic carbocycles. The molecule has 0 spiro atoms. The van der Waals surface area contributed by atoms with E-state index in [1.165, 1.54) is 0 Å². The first-order valence-electron chi connectivity index (χ1n) is 6.95. The van der Waals surface area contributed by atoms with Crippen molar-refractivity contribution < 1.29 is 4.74 Å². The number of anilines is 1. The van der Waals surface area contributed by atoms with Gasteiger partial charge in [0, 0.05) is 31.9 Å². The summed E-state index contributed by atoms with van der Waals surface area (Å²) in [6.07, 6.45) is 4.82. The Morgan fingerprint density at radius 2 is 2.25 bits per heavy atom. The summed E-state index contributed by atoms with van der Waals surface area (Å²) in [5.41, 5.74) is 8.51. The number of hydrogen-bond donors (Lipinski definition) is 1. The van der Waals surface area contributed by atoms with Crippen molar-refractivity contribution in [3.05, 3.63) is 42.2 Å².